The number of hydrogen-bond donors (Lipinski definition) is 1. The van der Waals surface area contributed by atoms with Crippen molar-refractivity contribution in [1.29, 1.82) is 0 Å². The first-order valence-electron chi connectivity index (χ1n) is 7.28. The molecule has 0 saturated carbocycles. The molecule has 0 amide bonds. The van der Waals surface area contributed by atoms with E-state index in [0.717, 1.165) is 17.0 Å². The lowest BCUT2D eigenvalue weighted by Crippen LogP contribution is -2.24. The molecule has 0 fully saturated rings. The molecule has 2 aromatic carbocycles. The summed E-state index contributed by atoms with van der Waals surface area (Å²) in [5.41, 5.74) is 3.66. The Morgan fingerprint density at radius 3 is 2.29 bits per heavy atom. The number of halogens is 2. The van der Waals surface area contributed by atoms with Gasteiger partial charge in [-0.3, -0.25) is 0 Å². The molecule has 21 heavy (non-hydrogen) atoms. The van der Waals surface area contributed by atoms with Crippen LogP contribution in [-0.2, 0) is 0 Å². The second kappa shape index (κ2) is 7.31. The average molecular weight is 322 g/mol. The first-order chi connectivity index (χ1) is 10.0. The predicted octanol–water partition coefficient (Wildman–Crippen LogP) is 6.10. The third kappa shape index (κ3) is 4.23. The Hall–Kier alpha value is -1.02. The summed E-state index contributed by atoms with van der Waals surface area (Å²) < 4.78 is 0. The summed E-state index contributed by atoms with van der Waals surface area (Å²) in [4.78, 5) is 0. The van der Waals surface area contributed by atoms with Gasteiger partial charge < -0.3 is 5.32 Å². The molecule has 0 spiro atoms. The fourth-order valence-electron chi connectivity index (χ4n) is 2.46. The van der Waals surface area contributed by atoms with Crippen molar-refractivity contribution in [3.8, 4) is 0 Å². The van der Waals surface area contributed by atoms with Gasteiger partial charge >= 0.3 is 0 Å². The topological polar surface area (TPSA) is 12.0 Å². The van der Waals surface area contributed by atoms with Crippen LogP contribution in [0.5, 0.6) is 0 Å². The molecule has 1 unspecified atom stereocenters. The van der Waals surface area contributed by atoms with Crippen molar-refractivity contribution in [2.75, 3.05) is 0 Å². The van der Waals surface area contributed by atoms with Gasteiger partial charge in [-0.2, -0.15) is 0 Å². The monoisotopic (exact) mass is 321 g/mol. The molecule has 0 bridgehead atoms. The Morgan fingerprint density at radius 2 is 1.71 bits per heavy atom. The van der Waals surface area contributed by atoms with E-state index in [4.69, 9.17) is 23.2 Å². The van der Waals surface area contributed by atoms with Gasteiger partial charge in [-0.05, 0) is 43.5 Å². The SMILES string of the molecule is CCC(N[C@H](C)c1ccc(C)cc1)c1ccc(Cl)cc1Cl. The first kappa shape index (κ1) is 16.4. The lowest BCUT2D eigenvalue weighted by Gasteiger charge is -2.24. The van der Waals surface area contributed by atoms with Crippen LogP contribution in [0, 0.1) is 6.92 Å². The predicted molar refractivity (Wildman–Crippen MR) is 92.2 cm³/mol. The van der Waals surface area contributed by atoms with Crippen LogP contribution in [0.15, 0.2) is 42.5 Å². The highest BCUT2D eigenvalue weighted by Gasteiger charge is 2.16. The zero-order valence-electron chi connectivity index (χ0n) is 12.7. The minimum atomic E-state index is 0.214. The average Bonchev–Trinajstić information content (AvgIpc) is 2.46. The van der Waals surface area contributed by atoms with Crippen molar-refractivity contribution in [2.45, 2.75) is 39.3 Å². The van der Waals surface area contributed by atoms with E-state index >= 15 is 0 Å². The van der Waals surface area contributed by atoms with Crippen LogP contribution in [0.25, 0.3) is 0 Å². The van der Waals surface area contributed by atoms with Gasteiger partial charge in [0.05, 0.1) is 0 Å². The molecule has 0 aliphatic rings. The normalized spacial score (nSPS) is 14.0. The number of nitrogens with one attached hydrogen (secondary N) is 1. The maximum Gasteiger partial charge on any atom is 0.0468 e. The zero-order valence-corrected chi connectivity index (χ0v) is 14.2. The van der Waals surface area contributed by atoms with Crippen molar-refractivity contribution >= 4 is 23.2 Å². The number of hydrogen-bond acceptors (Lipinski definition) is 1. The highest BCUT2D eigenvalue weighted by Crippen LogP contribution is 2.30. The minimum Gasteiger partial charge on any atom is -0.303 e. The summed E-state index contributed by atoms with van der Waals surface area (Å²) in [5, 5.41) is 5.04. The molecule has 2 rings (SSSR count). The Kier molecular flexibility index (Phi) is 5.69. The third-order valence-electron chi connectivity index (χ3n) is 3.77. The standard InChI is InChI=1S/C18H21Cl2N/c1-4-18(16-10-9-15(19)11-17(16)20)21-13(3)14-7-5-12(2)6-8-14/h5-11,13,18,21H,4H2,1-3H3/t13-,18?/m1/s1. The van der Waals surface area contributed by atoms with Gasteiger partial charge in [0.15, 0.2) is 0 Å². The molecule has 3 heteroatoms. The molecule has 0 heterocycles. The van der Waals surface area contributed by atoms with Crippen LogP contribution in [0.2, 0.25) is 10.0 Å². The highest BCUT2D eigenvalue weighted by molar-refractivity contribution is 6.35. The molecule has 112 valence electrons. The molecule has 0 radical (unpaired) electrons. The number of aryl methyl sites for hydroxylation is 1. The zero-order chi connectivity index (χ0) is 15.4. The summed E-state index contributed by atoms with van der Waals surface area (Å²) in [7, 11) is 0. The summed E-state index contributed by atoms with van der Waals surface area (Å²) in [6.07, 6.45) is 0.970. The van der Waals surface area contributed by atoms with E-state index in [1.165, 1.54) is 11.1 Å². The second-order valence-corrected chi connectivity index (χ2v) is 6.27. The Morgan fingerprint density at radius 1 is 1.05 bits per heavy atom. The van der Waals surface area contributed by atoms with Crippen molar-refractivity contribution in [1.82, 2.24) is 5.32 Å². The van der Waals surface area contributed by atoms with Crippen LogP contribution in [-0.4, -0.2) is 0 Å². The summed E-state index contributed by atoms with van der Waals surface area (Å²) >= 11 is 12.3. The van der Waals surface area contributed by atoms with Crippen LogP contribution in [0.4, 0.5) is 0 Å². The summed E-state index contributed by atoms with van der Waals surface area (Å²) in [5.74, 6) is 0. The lowest BCUT2D eigenvalue weighted by molar-refractivity contribution is 0.456. The Labute approximate surface area is 137 Å². The largest absolute Gasteiger partial charge is 0.303 e. The minimum absolute atomic E-state index is 0.214. The van der Waals surface area contributed by atoms with E-state index in [1.54, 1.807) is 6.07 Å². The van der Waals surface area contributed by atoms with Gasteiger partial charge in [-0.25, -0.2) is 0 Å². The van der Waals surface area contributed by atoms with Crippen LogP contribution >= 0.6 is 23.2 Å². The Bertz CT molecular complexity index is 593. The maximum absolute atomic E-state index is 6.33. The molecular formula is C18H21Cl2N. The van der Waals surface area contributed by atoms with Gasteiger partial charge in [0.2, 0.25) is 0 Å². The molecular weight excluding hydrogens is 301 g/mol. The third-order valence-corrected chi connectivity index (χ3v) is 4.34. The van der Waals surface area contributed by atoms with E-state index < -0.39 is 0 Å². The van der Waals surface area contributed by atoms with E-state index in [2.05, 4.69) is 50.4 Å². The lowest BCUT2D eigenvalue weighted by atomic mass is 10.0. The van der Waals surface area contributed by atoms with Crippen molar-refractivity contribution in [3.05, 3.63) is 69.2 Å². The number of rotatable bonds is 5. The number of benzene rings is 2. The van der Waals surface area contributed by atoms with Crippen LogP contribution in [0.1, 0.15) is 49.0 Å². The van der Waals surface area contributed by atoms with Gasteiger partial charge in [-0.15, -0.1) is 0 Å². The van der Waals surface area contributed by atoms with Crippen LogP contribution in [0.3, 0.4) is 0 Å². The smallest absolute Gasteiger partial charge is 0.0468 e. The van der Waals surface area contributed by atoms with E-state index in [0.29, 0.717) is 5.02 Å². The van der Waals surface area contributed by atoms with Crippen molar-refractivity contribution < 1.29 is 0 Å². The van der Waals surface area contributed by atoms with Crippen molar-refractivity contribution in [3.63, 3.8) is 0 Å². The van der Waals surface area contributed by atoms with E-state index in [-0.39, 0.29) is 12.1 Å². The Balaban J connectivity index is 2.16. The first-order valence-corrected chi connectivity index (χ1v) is 8.04. The quantitative estimate of drug-likeness (QED) is 0.701. The fraction of sp³-hybridized carbons (Fsp3) is 0.333. The molecule has 2 aromatic rings. The molecule has 1 nitrogen and oxygen atoms in total. The second-order valence-electron chi connectivity index (χ2n) is 5.43. The molecule has 2 atom stereocenters. The summed E-state index contributed by atoms with van der Waals surface area (Å²) in [6.45, 7) is 6.44. The molecule has 1 N–H and O–H groups in total. The van der Waals surface area contributed by atoms with Crippen molar-refractivity contribution in [2.24, 2.45) is 0 Å². The molecule has 0 saturated heterocycles. The highest BCUT2D eigenvalue weighted by atomic mass is 35.5. The van der Waals surface area contributed by atoms with Gasteiger partial charge in [0.1, 0.15) is 0 Å². The van der Waals surface area contributed by atoms with Gasteiger partial charge in [0.25, 0.3) is 0 Å². The van der Waals surface area contributed by atoms with Gasteiger partial charge in [0, 0.05) is 22.1 Å². The maximum atomic E-state index is 6.33. The molecule has 0 aliphatic carbocycles. The summed E-state index contributed by atoms with van der Waals surface area (Å²) in [6, 6.07) is 14.8. The van der Waals surface area contributed by atoms with Gasteiger partial charge in [-0.1, -0.05) is 66.0 Å². The van der Waals surface area contributed by atoms with Crippen LogP contribution < -0.4 is 5.32 Å². The fourth-order valence-corrected chi connectivity index (χ4v) is 3.00. The van der Waals surface area contributed by atoms with E-state index in [9.17, 15) is 0 Å². The van der Waals surface area contributed by atoms with E-state index in [1.807, 2.05) is 12.1 Å². The molecule has 0 aromatic heterocycles. The molecule has 0 aliphatic heterocycles.